The minimum Gasteiger partial charge on any atom is -0.497 e. The lowest BCUT2D eigenvalue weighted by molar-refractivity contribution is -0.153. The summed E-state index contributed by atoms with van der Waals surface area (Å²) in [4.78, 5) is 9.34. The maximum absolute atomic E-state index is 12.8. The van der Waals surface area contributed by atoms with Crippen LogP contribution in [0.5, 0.6) is 17.2 Å². The van der Waals surface area contributed by atoms with Gasteiger partial charge >= 0.3 is 6.18 Å². The Labute approximate surface area is 192 Å². The third-order valence-electron chi connectivity index (χ3n) is 4.27. The average Bonchev–Trinajstić information content (AvgIpc) is 2.78. The second-order valence-corrected chi connectivity index (χ2v) is 7.66. The van der Waals surface area contributed by atoms with Gasteiger partial charge in [-0.25, -0.2) is 9.97 Å². The standard InChI is InChI=1S/C21H23F3N4O4S/c1-25-33-14-4-5-17(32-11-21(22,23)24)15(10-14)28-20-19-16(26-12-27-20)8-13(30-3)9-18(19)31-7-6-29-2/h4-5,8-10,12,25H,6-7,11H2,1-3H3,(H,26,27,28). The Morgan fingerprint density at radius 3 is 2.52 bits per heavy atom. The lowest BCUT2D eigenvalue weighted by Crippen LogP contribution is -2.19. The molecule has 0 fully saturated rings. The second-order valence-electron chi connectivity index (χ2n) is 6.58. The van der Waals surface area contributed by atoms with Crippen molar-refractivity contribution < 1.29 is 32.1 Å². The van der Waals surface area contributed by atoms with Crippen molar-refractivity contribution in [3.63, 3.8) is 0 Å². The average molecular weight is 485 g/mol. The van der Waals surface area contributed by atoms with Crippen LogP contribution in [0, 0.1) is 0 Å². The molecule has 0 amide bonds. The van der Waals surface area contributed by atoms with E-state index >= 15 is 0 Å². The fraction of sp³-hybridized carbons (Fsp3) is 0.333. The predicted octanol–water partition coefficient (Wildman–Crippen LogP) is 4.57. The van der Waals surface area contributed by atoms with Gasteiger partial charge in [0.25, 0.3) is 0 Å². The Hall–Kier alpha value is -2.96. The van der Waals surface area contributed by atoms with Crippen LogP contribution >= 0.6 is 11.9 Å². The highest BCUT2D eigenvalue weighted by Crippen LogP contribution is 2.38. The Kier molecular flexibility index (Phi) is 8.42. The molecular formula is C21H23F3N4O4S. The molecule has 0 radical (unpaired) electrons. The normalized spacial score (nSPS) is 11.5. The minimum absolute atomic E-state index is 0.0231. The number of anilines is 2. The van der Waals surface area contributed by atoms with Crippen LogP contribution in [-0.2, 0) is 4.74 Å². The Morgan fingerprint density at radius 1 is 1.00 bits per heavy atom. The molecule has 12 heteroatoms. The van der Waals surface area contributed by atoms with Crippen LogP contribution in [-0.4, -0.2) is 57.2 Å². The molecule has 0 aliphatic rings. The van der Waals surface area contributed by atoms with E-state index in [0.29, 0.717) is 40.5 Å². The molecule has 3 rings (SSSR count). The SMILES string of the molecule is CNSc1ccc(OCC(F)(F)F)c(Nc2ncnc3cc(OC)cc(OCCOC)c23)c1. The summed E-state index contributed by atoms with van der Waals surface area (Å²) in [5.41, 5.74) is 0.830. The first-order chi connectivity index (χ1) is 15.8. The summed E-state index contributed by atoms with van der Waals surface area (Å²) in [6, 6.07) is 8.17. The Morgan fingerprint density at radius 2 is 1.82 bits per heavy atom. The number of ether oxygens (including phenoxy) is 4. The number of rotatable bonds is 11. The van der Waals surface area contributed by atoms with Crippen LogP contribution in [0.15, 0.2) is 41.6 Å². The summed E-state index contributed by atoms with van der Waals surface area (Å²) in [7, 11) is 4.82. The number of fused-ring (bicyclic) bond motifs is 1. The molecule has 1 aromatic heterocycles. The molecule has 8 nitrogen and oxygen atoms in total. The number of methoxy groups -OCH3 is 2. The van der Waals surface area contributed by atoms with E-state index < -0.39 is 12.8 Å². The number of hydrogen-bond donors (Lipinski definition) is 2. The van der Waals surface area contributed by atoms with E-state index in [2.05, 4.69) is 20.0 Å². The van der Waals surface area contributed by atoms with Crippen LogP contribution < -0.4 is 24.2 Å². The Balaban J connectivity index is 2.04. The topological polar surface area (TPSA) is 86.8 Å². The summed E-state index contributed by atoms with van der Waals surface area (Å²) in [5.74, 6) is 1.32. The highest BCUT2D eigenvalue weighted by atomic mass is 32.2. The van der Waals surface area contributed by atoms with Crippen molar-refractivity contribution in [3.05, 3.63) is 36.7 Å². The van der Waals surface area contributed by atoms with Gasteiger partial charge in [-0.3, -0.25) is 4.72 Å². The molecule has 0 saturated heterocycles. The summed E-state index contributed by atoms with van der Waals surface area (Å²) < 4.78 is 62.5. The molecular weight excluding hydrogens is 461 g/mol. The third-order valence-corrected chi connectivity index (χ3v) is 4.97. The largest absolute Gasteiger partial charge is 0.497 e. The van der Waals surface area contributed by atoms with E-state index in [9.17, 15) is 13.2 Å². The van der Waals surface area contributed by atoms with Gasteiger partial charge in [0.05, 0.1) is 30.3 Å². The van der Waals surface area contributed by atoms with Gasteiger partial charge in [0, 0.05) is 24.1 Å². The molecule has 2 aromatic carbocycles. The monoisotopic (exact) mass is 484 g/mol. The first-order valence-corrected chi connectivity index (χ1v) is 10.5. The van der Waals surface area contributed by atoms with Gasteiger partial charge in [-0.2, -0.15) is 13.2 Å². The van der Waals surface area contributed by atoms with Crippen LogP contribution in [0.3, 0.4) is 0 Å². The van der Waals surface area contributed by atoms with Crippen molar-refractivity contribution in [3.8, 4) is 17.2 Å². The summed E-state index contributed by atoms with van der Waals surface area (Å²) >= 11 is 1.30. The molecule has 0 atom stereocenters. The van der Waals surface area contributed by atoms with Gasteiger partial charge in [0.1, 0.15) is 36.0 Å². The molecule has 0 aliphatic carbocycles. The lowest BCUT2D eigenvalue weighted by Gasteiger charge is -2.17. The summed E-state index contributed by atoms with van der Waals surface area (Å²) in [6.07, 6.45) is -3.14. The maximum Gasteiger partial charge on any atom is 0.422 e. The zero-order valence-electron chi connectivity index (χ0n) is 18.2. The zero-order valence-corrected chi connectivity index (χ0v) is 19.0. The van der Waals surface area contributed by atoms with Gasteiger partial charge in [0.2, 0.25) is 0 Å². The number of nitrogens with one attached hydrogen (secondary N) is 2. The van der Waals surface area contributed by atoms with Crippen molar-refractivity contribution in [2.24, 2.45) is 0 Å². The van der Waals surface area contributed by atoms with Gasteiger partial charge in [-0.1, -0.05) is 0 Å². The van der Waals surface area contributed by atoms with Crippen LogP contribution in [0.2, 0.25) is 0 Å². The summed E-state index contributed by atoms with van der Waals surface area (Å²) in [6.45, 7) is -0.803. The van der Waals surface area contributed by atoms with Crippen LogP contribution in [0.1, 0.15) is 0 Å². The van der Waals surface area contributed by atoms with Crippen molar-refractivity contribution in [2.45, 2.75) is 11.1 Å². The minimum atomic E-state index is -4.48. The van der Waals surface area contributed by atoms with Crippen LogP contribution in [0.25, 0.3) is 10.9 Å². The van der Waals surface area contributed by atoms with E-state index in [1.807, 2.05) is 0 Å². The molecule has 0 unspecified atom stereocenters. The number of halogens is 3. The second kappa shape index (κ2) is 11.3. The highest BCUT2D eigenvalue weighted by Gasteiger charge is 2.29. The van der Waals surface area contributed by atoms with Crippen molar-refractivity contribution in [1.82, 2.24) is 14.7 Å². The fourth-order valence-electron chi connectivity index (χ4n) is 2.89. The molecule has 0 aliphatic heterocycles. The smallest absolute Gasteiger partial charge is 0.422 e. The fourth-order valence-corrected chi connectivity index (χ4v) is 3.44. The Bertz CT molecular complexity index is 1090. The number of benzene rings is 2. The molecule has 1 heterocycles. The van der Waals surface area contributed by atoms with Crippen molar-refractivity contribution in [2.75, 3.05) is 46.4 Å². The molecule has 33 heavy (non-hydrogen) atoms. The van der Waals surface area contributed by atoms with E-state index in [0.717, 1.165) is 4.90 Å². The van der Waals surface area contributed by atoms with E-state index in [4.69, 9.17) is 18.9 Å². The number of aromatic nitrogens is 2. The molecule has 0 saturated carbocycles. The predicted molar refractivity (Wildman–Crippen MR) is 120 cm³/mol. The molecule has 0 bridgehead atoms. The lowest BCUT2D eigenvalue weighted by atomic mass is 10.2. The first-order valence-electron chi connectivity index (χ1n) is 9.73. The van der Waals surface area contributed by atoms with E-state index in [-0.39, 0.29) is 12.4 Å². The maximum atomic E-state index is 12.8. The first kappa shape index (κ1) is 24.7. The molecule has 3 aromatic rings. The molecule has 2 N–H and O–H groups in total. The van der Waals surface area contributed by atoms with Crippen LogP contribution in [0.4, 0.5) is 24.7 Å². The quantitative estimate of drug-likeness (QED) is 0.300. The number of alkyl halides is 3. The molecule has 0 spiro atoms. The van der Waals surface area contributed by atoms with E-state index in [1.54, 1.807) is 38.4 Å². The van der Waals surface area contributed by atoms with Gasteiger partial charge in [0.15, 0.2) is 6.61 Å². The highest BCUT2D eigenvalue weighted by molar-refractivity contribution is 7.97. The van der Waals surface area contributed by atoms with Gasteiger partial charge in [-0.15, -0.1) is 0 Å². The summed E-state index contributed by atoms with van der Waals surface area (Å²) in [5, 5.41) is 3.61. The number of hydrogen-bond acceptors (Lipinski definition) is 9. The van der Waals surface area contributed by atoms with Gasteiger partial charge < -0.3 is 24.3 Å². The van der Waals surface area contributed by atoms with Crippen molar-refractivity contribution in [1.29, 1.82) is 0 Å². The zero-order chi connectivity index (χ0) is 23.8. The number of nitrogens with zero attached hydrogens (tertiary/aromatic N) is 2. The molecule has 178 valence electrons. The van der Waals surface area contributed by atoms with E-state index in [1.165, 1.54) is 31.5 Å². The van der Waals surface area contributed by atoms with Gasteiger partial charge in [-0.05, 0) is 37.2 Å². The van der Waals surface area contributed by atoms with Crippen molar-refractivity contribution >= 4 is 34.4 Å². The third kappa shape index (κ3) is 6.76.